The van der Waals surface area contributed by atoms with Crippen molar-refractivity contribution in [3.8, 4) is 0 Å². The molecule has 27 nitrogen and oxygen atoms in total. The SMILES string of the molecule is CC(C)[C@H](NC(=O)[C@H](CCC(N)=O)NC(=O)CNC(=O)[C@H](CO)NC(=O)[C@H](C)NC(=O)CNC(=O)CNC(=O)[C@H](CC(N)=O)NC(=O)[C@H](C)N)C(=O)N[C@@H](CCCCN)C(=O)O. The normalized spacial score (nSPS) is 14.1. The first-order chi connectivity index (χ1) is 28.9. The molecule has 0 aliphatic rings. The number of hydrogen-bond acceptors (Lipinski definition) is 15. The number of carbonyl (C=O) groups is 12. The summed E-state index contributed by atoms with van der Waals surface area (Å²) < 4.78 is 0. The van der Waals surface area contributed by atoms with Crippen molar-refractivity contribution in [1.82, 2.24) is 47.9 Å². The van der Waals surface area contributed by atoms with Crippen LogP contribution in [0.1, 0.15) is 66.2 Å². The Hall–Kier alpha value is -6.48. The summed E-state index contributed by atoms with van der Waals surface area (Å²) in [4.78, 5) is 148. The van der Waals surface area contributed by atoms with Crippen LogP contribution in [0.3, 0.4) is 0 Å². The van der Waals surface area contributed by atoms with Crippen LogP contribution in [0.5, 0.6) is 0 Å². The fraction of sp³-hybridized carbons (Fsp3) is 0.657. The van der Waals surface area contributed by atoms with Gasteiger partial charge in [-0.1, -0.05) is 13.8 Å². The molecule has 0 unspecified atom stereocenters. The van der Waals surface area contributed by atoms with Crippen molar-refractivity contribution in [2.24, 2.45) is 28.9 Å². The van der Waals surface area contributed by atoms with E-state index in [1.165, 1.54) is 13.8 Å². The van der Waals surface area contributed by atoms with Crippen molar-refractivity contribution in [2.75, 3.05) is 32.8 Å². The first-order valence-electron chi connectivity index (χ1n) is 19.4. The van der Waals surface area contributed by atoms with Crippen molar-refractivity contribution < 1.29 is 67.7 Å². The Kier molecular flexibility index (Phi) is 25.9. The van der Waals surface area contributed by atoms with Crippen molar-refractivity contribution in [3.63, 3.8) is 0 Å². The van der Waals surface area contributed by atoms with Gasteiger partial charge < -0.3 is 81.0 Å². The molecule has 11 amide bonds. The highest BCUT2D eigenvalue weighted by Gasteiger charge is 2.32. The Morgan fingerprint density at radius 3 is 1.58 bits per heavy atom. The zero-order chi connectivity index (χ0) is 47.7. The number of aliphatic carboxylic acids is 1. The van der Waals surface area contributed by atoms with Gasteiger partial charge in [0.05, 0.1) is 38.7 Å². The smallest absolute Gasteiger partial charge is 0.326 e. The number of primary amides is 2. The van der Waals surface area contributed by atoms with Gasteiger partial charge in [-0.2, -0.15) is 0 Å². The quantitative estimate of drug-likeness (QED) is 0.0298. The number of aliphatic hydroxyl groups excluding tert-OH is 1. The van der Waals surface area contributed by atoms with Crippen molar-refractivity contribution in [2.45, 2.75) is 109 Å². The van der Waals surface area contributed by atoms with Gasteiger partial charge in [-0.25, -0.2) is 4.79 Å². The Morgan fingerprint density at radius 2 is 1.06 bits per heavy atom. The molecule has 0 aliphatic carbocycles. The molecule has 0 saturated carbocycles. The minimum Gasteiger partial charge on any atom is -0.480 e. The molecule has 0 rings (SSSR count). The number of aliphatic hydroxyl groups is 1. The zero-order valence-corrected chi connectivity index (χ0v) is 35.0. The van der Waals surface area contributed by atoms with E-state index in [2.05, 4.69) is 47.9 Å². The maximum atomic E-state index is 13.3. The monoisotopic (exact) mass is 887 g/mol. The van der Waals surface area contributed by atoms with E-state index in [4.69, 9.17) is 22.9 Å². The minimum atomic E-state index is -1.65. The summed E-state index contributed by atoms with van der Waals surface area (Å²) in [6.07, 6.45) is -0.311. The van der Waals surface area contributed by atoms with Crippen LogP contribution >= 0.6 is 0 Å². The molecular formula is C35H61N13O14. The van der Waals surface area contributed by atoms with E-state index in [9.17, 15) is 67.7 Å². The van der Waals surface area contributed by atoms with Crippen LogP contribution in [-0.4, -0.2) is 156 Å². The Bertz CT molecular complexity index is 1630. The lowest BCUT2D eigenvalue weighted by Crippen LogP contribution is -2.58. The highest BCUT2D eigenvalue weighted by Crippen LogP contribution is 2.08. The van der Waals surface area contributed by atoms with E-state index in [1.807, 2.05) is 0 Å². The second-order valence-electron chi connectivity index (χ2n) is 14.3. The first kappa shape index (κ1) is 55.5. The second kappa shape index (κ2) is 28.9. The lowest BCUT2D eigenvalue weighted by atomic mass is 10.0. The van der Waals surface area contributed by atoms with Crippen LogP contribution in [0.25, 0.3) is 0 Å². The third-order valence-electron chi connectivity index (χ3n) is 8.47. The molecule has 0 aromatic carbocycles. The number of nitrogens with two attached hydrogens (primary N) is 4. The molecule has 0 aliphatic heterocycles. The van der Waals surface area contributed by atoms with Gasteiger partial charge in [0.15, 0.2) is 0 Å². The molecule has 27 heteroatoms. The van der Waals surface area contributed by atoms with Crippen molar-refractivity contribution >= 4 is 70.9 Å². The molecule has 0 fully saturated rings. The molecule has 350 valence electrons. The highest BCUT2D eigenvalue weighted by atomic mass is 16.4. The third-order valence-corrected chi connectivity index (χ3v) is 8.47. The van der Waals surface area contributed by atoms with Gasteiger partial charge >= 0.3 is 5.97 Å². The molecule has 19 N–H and O–H groups in total. The first-order valence-corrected chi connectivity index (χ1v) is 19.4. The number of unbranched alkanes of at least 4 members (excludes halogenated alkanes) is 1. The number of carboxylic acids is 1. The van der Waals surface area contributed by atoms with Crippen LogP contribution in [-0.2, 0) is 57.5 Å². The van der Waals surface area contributed by atoms with Gasteiger partial charge in [0.25, 0.3) is 0 Å². The molecule has 0 bridgehead atoms. The standard InChI is InChI=1S/C35H61N13O14/c1-16(2)28(34(60)45-20(35(61)62)7-5-6-10-36)48-33(59)19(8-9-23(38)50)44-27(54)14-42-32(58)22(15-49)47-30(56)18(4)43-26(53)13-40-25(52)12-41-31(57)21(11-24(39)51)46-29(55)17(3)37/h16-22,28,49H,5-15,36-37H2,1-4H3,(H2,38,50)(H2,39,51)(H,40,52)(H,41,57)(H,42,58)(H,43,53)(H,44,54)(H,45,60)(H,46,55)(H,47,56)(H,48,59)(H,61,62)/t17-,18-,19-,20-,21-,22-,28-/m0/s1. The predicted molar refractivity (Wildman–Crippen MR) is 215 cm³/mol. The van der Waals surface area contributed by atoms with Gasteiger partial charge in [-0.15, -0.1) is 0 Å². The van der Waals surface area contributed by atoms with Gasteiger partial charge in [-0.05, 0) is 52.0 Å². The summed E-state index contributed by atoms with van der Waals surface area (Å²) in [5, 5.41) is 39.5. The number of carbonyl (C=O) groups excluding carboxylic acids is 11. The maximum absolute atomic E-state index is 13.3. The number of amides is 11. The van der Waals surface area contributed by atoms with Crippen molar-refractivity contribution in [1.29, 1.82) is 0 Å². The topological polar surface area (TPSA) is 458 Å². The van der Waals surface area contributed by atoms with Crippen LogP contribution in [0.4, 0.5) is 0 Å². The van der Waals surface area contributed by atoms with E-state index >= 15 is 0 Å². The van der Waals surface area contributed by atoms with E-state index in [0.717, 1.165) is 0 Å². The average molecular weight is 888 g/mol. The van der Waals surface area contributed by atoms with Crippen LogP contribution < -0.4 is 70.8 Å². The second-order valence-corrected chi connectivity index (χ2v) is 14.3. The van der Waals surface area contributed by atoms with Gasteiger partial charge in [0.2, 0.25) is 65.0 Å². The number of nitrogens with one attached hydrogen (secondary N) is 9. The van der Waals surface area contributed by atoms with Gasteiger partial charge in [-0.3, -0.25) is 52.7 Å². The summed E-state index contributed by atoms with van der Waals surface area (Å²) >= 11 is 0. The van der Waals surface area contributed by atoms with Crippen LogP contribution in [0, 0.1) is 5.92 Å². The number of rotatable bonds is 30. The Morgan fingerprint density at radius 1 is 0.532 bits per heavy atom. The fourth-order valence-corrected chi connectivity index (χ4v) is 4.99. The predicted octanol–water partition coefficient (Wildman–Crippen LogP) is -8.39. The molecular weight excluding hydrogens is 826 g/mol. The largest absolute Gasteiger partial charge is 0.480 e. The fourth-order valence-electron chi connectivity index (χ4n) is 4.99. The summed E-state index contributed by atoms with van der Waals surface area (Å²) in [7, 11) is 0. The third kappa shape index (κ3) is 22.8. The average Bonchev–Trinajstić information content (AvgIpc) is 3.19. The van der Waals surface area contributed by atoms with Gasteiger partial charge in [0, 0.05) is 6.42 Å². The molecule has 7 atom stereocenters. The highest BCUT2D eigenvalue weighted by molar-refractivity contribution is 5.97. The van der Waals surface area contributed by atoms with Crippen molar-refractivity contribution in [3.05, 3.63) is 0 Å². The summed E-state index contributed by atoms with van der Waals surface area (Å²) in [5.41, 5.74) is 21.2. The maximum Gasteiger partial charge on any atom is 0.326 e. The lowest BCUT2D eigenvalue weighted by molar-refractivity contribution is -0.143. The Balaban J connectivity index is 5.26. The number of carboxylic acid groups (broad SMARTS) is 1. The zero-order valence-electron chi connectivity index (χ0n) is 35.0. The summed E-state index contributed by atoms with van der Waals surface area (Å²) in [6.45, 7) is 2.81. The van der Waals surface area contributed by atoms with Gasteiger partial charge in [0.1, 0.15) is 36.3 Å². The molecule has 0 spiro atoms. The van der Waals surface area contributed by atoms with E-state index in [0.29, 0.717) is 19.4 Å². The van der Waals surface area contributed by atoms with Crippen LogP contribution in [0.2, 0.25) is 0 Å². The molecule has 0 aromatic heterocycles. The lowest BCUT2D eigenvalue weighted by Gasteiger charge is -2.26. The molecule has 62 heavy (non-hydrogen) atoms. The molecule has 0 heterocycles. The molecule has 0 saturated heterocycles. The molecule has 0 radical (unpaired) electrons. The minimum absolute atomic E-state index is 0.0776. The summed E-state index contributed by atoms with van der Waals surface area (Å²) in [5.74, 6) is -11.9. The summed E-state index contributed by atoms with van der Waals surface area (Å²) in [6, 6.07) is -9.47. The van der Waals surface area contributed by atoms with E-state index < -0.39 is 152 Å². The van der Waals surface area contributed by atoms with E-state index in [1.54, 1.807) is 13.8 Å². The number of hydrogen-bond donors (Lipinski definition) is 15. The van der Waals surface area contributed by atoms with E-state index in [-0.39, 0.29) is 19.3 Å². The molecule has 0 aromatic rings. The van der Waals surface area contributed by atoms with Crippen LogP contribution in [0.15, 0.2) is 0 Å². The Labute approximate surface area is 356 Å².